The van der Waals surface area contributed by atoms with E-state index >= 15 is 0 Å². The summed E-state index contributed by atoms with van der Waals surface area (Å²) in [4.78, 5) is 33.9. The maximum absolute atomic E-state index is 11.9. The van der Waals surface area contributed by atoms with Gasteiger partial charge in [-0.2, -0.15) is 0 Å². The number of nitrogens with zero attached hydrogens (tertiary/aromatic N) is 1. The quantitative estimate of drug-likeness (QED) is 0.308. The molecule has 1 aromatic carbocycles. The van der Waals surface area contributed by atoms with Gasteiger partial charge in [-0.05, 0) is 30.7 Å². The minimum absolute atomic E-state index is 0.00239. The van der Waals surface area contributed by atoms with E-state index in [9.17, 15) is 19.7 Å². The van der Waals surface area contributed by atoms with E-state index < -0.39 is 29.3 Å². The first kappa shape index (κ1) is 19.1. The molecule has 8 heteroatoms. The van der Waals surface area contributed by atoms with Gasteiger partial charge in [0.15, 0.2) is 0 Å². The van der Waals surface area contributed by atoms with E-state index in [1.54, 1.807) is 31.2 Å². The number of hydrogen-bond donors (Lipinski definition) is 0. The second kappa shape index (κ2) is 9.29. The molecule has 0 amide bonds. The summed E-state index contributed by atoms with van der Waals surface area (Å²) >= 11 is 0. The highest BCUT2D eigenvalue weighted by atomic mass is 16.6. The van der Waals surface area contributed by atoms with Crippen LogP contribution < -0.4 is 4.74 Å². The normalized spacial score (nSPS) is 12.2. The zero-order valence-corrected chi connectivity index (χ0v) is 13.7. The third kappa shape index (κ3) is 5.38. The summed E-state index contributed by atoms with van der Waals surface area (Å²) in [6.45, 7) is 1.56. The van der Waals surface area contributed by atoms with Gasteiger partial charge >= 0.3 is 18.0 Å². The molecule has 0 bridgehead atoms. The summed E-state index contributed by atoms with van der Waals surface area (Å²) in [6.07, 6.45) is 1.01. The minimum Gasteiger partial charge on any atom is -0.497 e. The number of rotatable bonds is 8. The van der Waals surface area contributed by atoms with Crippen molar-refractivity contribution in [3.63, 3.8) is 0 Å². The van der Waals surface area contributed by atoms with Crippen LogP contribution in [0.3, 0.4) is 0 Å². The molecule has 0 saturated heterocycles. The number of methoxy groups -OCH3 is 2. The summed E-state index contributed by atoms with van der Waals surface area (Å²) in [6, 6.07) is 5.03. The Morgan fingerprint density at radius 2 is 1.88 bits per heavy atom. The molecular weight excluding hydrogens is 318 g/mol. The summed E-state index contributed by atoms with van der Waals surface area (Å²) < 4.78 is 14.4. The lowest BCUT2D eigenvalue weighted by molar-refractivity contribution is -0.509. The van der Waals surface area contributed by atoms with Crippen LogP contribution in [0.25, 0.3) is 6.08 Å². The van der Waals surface area contributed by atoms with Crippen LogP contribution >= 0.6 is 0 Å². The van der Waals surface area contributed by atoms with Crippen LogP contribution in [-0.2, 0) is 19.1 Å². The molecule has 0 aliphatic heterocycles. The highest BCUT2D eigenvalue weighted by Crippen LogP contribution is 2.18. The first-order valence-electron chi connectivity index (χ1n) is 7.16. The van der Waals surface area contributed by atoms with Crippen molar-refractivity contribution < 1.29 is 28.7 Å². The van der Waals surface area contributed by atoms with Gasteiger partial charge < -0.3 is 14.2 Å². The Hall–Kier alpha value is -2.90. The number of carbonyl (C=O) groups excluding carboxylic acids is 2. The van der Waals surface area contributed by atoms with E-state index in [1.807, 2.05) is 0 Å². The Bertz CT molecular complexity index is 622. The predicted molar refractivity (Wildman–Crippen MR) is 85.0 cm³/mol. The lowest BCUT2D eigenvalue weighted by Gasteiger charge is -2.10. The lowest BCUT2D eigenvalue weighted by atomic mass is 10.0. The molecule has 1 aromatic rings. The van der Waals surface area contributed by atoms with Crippen molar-refractivity contribution in [3.05, 3.63) is 45.5 Å². The zero-order chi connectivity index (χ0) is 18.1. The van der Waals surface area contributed by atoms with Gasteiger partial charge in [-0.1, -0.05) is 12.1 Å². The van der Waals surface area contributed by atoms with Crippen LogP contribution in [0.4, 0.5) is 0 Å². The second-order valence-corrected chi connectivity index (χ2v) is 4.69. The van der Waals surface area contributed by atoms with E-state index in [2.05, 4.69) is 9.47 Å². The van der Waals surface area contributed by atoms with E-state index in [0.717, 1.165) is 7.11 Å². The largest absolute Gasteiger partial charge is 0.497 e. The summed E-state index contributed by atoms with van der Waals surface area (Å²) in [7, 11) is 2.68. The molecule has 1 unspecified atom stereocenters. The fraction of sp³-hybridized carbons (Fsp3) is 0.375. The molecule has 0 radical (unpaired) electrons. The van der Waals surface area contributed by atoms with Crippen LogP contribution in [0.5, 0.6) is 5.75 Å². The highest BCUT2D eigenvalue weighted by Gasteiger charge is 2.34. The standard InChI is InChI=1S/C16H19NO7/c1-4-24-16(19)14(17(20)21)10-12(15(18)23-3)9-11-5-7-13(22-2)8-6-11/h5-9,14H,4,10H2,1-3H3/b12-9+. The second-order valence-electron chi connectivity index (χ2n) is 4.69. The van der Waals surface area contributed by atoms with Gasteiger partial charge in [0.25, 0.3) is 0 Å². The fourth-order valence-electron chi connectivity index (χ4n) is 1.92. The Kier molecular flexibility index (Phi) is 7.41. The van der Waals surface area contributed by atoms with Crippen molar-refractivity contribution in [2.45, 2.75) is 19.4 Å². The van der Waals surface area contributed by atoms with Gasteiger partial charge in [-0.15, -0.1) is 0 Å². The molecule has 8 nitrogen and oxygen atoms in total. The number of esters is 2. The summed E-state index contributed by atoms with van der Waals surface area (Å²) in [5.41, 5.74) is 0.611. The molecular formula is C16H19NO7. The minimum atomic E-state index is -1.67. The van der Waals surface area contributed by atoms with Crippen molar-refractivity contribution in [1.82, 2.24) is 0 Å². The van der Waals surface area contributed by atoms with Crippen LogP contribution in [0.15, 0.2) is 29.8 Å². The van der Waals surface area contributed by atoms with Gasteiger partial charge in [0.05, 0.1) is 27.2 Å². The molecule has 0 aliphatic rings. The third-order valence-corrected chi connectivity index (χ3v) is 3.13. The highest BCUT2D eigenvalue weighted by molar-refractivity contribution is 5.94. The number of benzene rings is 1. The van der Waals surface area contributed by atoms with Crippen LogP contribution in [0, 0.1) is 10.1 Å². The number of nitro groups is 1. The van der Waals surface area contributed by atoms with E-state index in [0.29, 0.717) is 11.3 Å². The fourth-order valence-corrected chi connectivity index (χ4v) is 1.92. The van der Waals surface area contributed by atoms with Gasteiger partial charge in [-0.3, -0.25) is 10.1 Å². The molecule has 0 fully saturated rings. The van der Waals surface area contributed by atoms with Gasteiger partial charge in [0, 0.05) is 10.5 Å². The van der Waals surface area contributed by atoms with Crippen LogP contribution in [0.1, 0.15) is 18.9 Å². The van der Waals surface area contributed by atoms with Crippen molar-refractivity contribution in [1.29, 1.82) is 0 Å². The maximum Gasteiger partial charge on any atom is 0.382 e. The summed E-state index contributed by atoms with van der Waals surface area (Å²) in [5, 5.41) is 11.1. The Labute approximate surface area is 139 Å². The predicted octanol–water partition coefficient (Wildman–Crippen LogP) is 1.85. The average Bonchev–Trinajstić information content (AvgIpc) is 2.58. The van der Waals surface area contributed by atoms with E-state index in [4.69, 9.17) is 4.74 Å². The molecule has 1 rings (SSSR count). The average molecular weight is 337 g/mol. The van der Waals surface area contributed by atoms with E-state index in [1.165, 1.54) is 13.2 Å². The molecule has 1 atom stereocenters. The monoisotopic (exact) mass is 337 g/mol. The van der Waals surface area contributed by atoms with Gasteiger partial charge in [0.1, 0.15) is 5.75 Å². The Morgan fingerprint density at radius 1 is 1.25 bits per heavy atom. The van der Waals surface area contributed by atoms with Crippen LogP contribution in [0.2, 0.25) is 0 Å². The first-order valence-corrected chi connectivity index (χ1v) is 7.16. The maximum atomic E-state index is 11.9. The molecule has 0 aromatic heterocycles. The topological polar surface area (TPSA) is 105 Å². The zero-order valence-electron chi connectivity index (χ0n) is 13.7. The van der Waals surface area contributed by atoms with Crippen molar-refractivity contribution >= 4 is 18.0 Å². The van der Waals surface area contributed by atoms with Gasteiger partial charge in [-0.25, -0.2) is 9.59 Å². The Morgan fingerprint density at radius 3 is 2.33 bits per heavy atom. The van der Waals surface area contributed by atoms with Crippen LogP contribution in [-0.4, -0.2) is 43.7 Å². The number of carbonyl (C=O) groups is 2. The summed E-state index contributed by atoms with van der Waals surface area (Å²) in [5.74, 6) is -1.12. The van der Waals surface area contributed by atoms with Crippen molar-refractivity contribution in [2.75, 3.05) is 20.8 Å². The van der Waals surface area contributed by atoms with Crippen molar-refractivity contribution in [3.8, 4) is 5.75 Å². The molecule has 0 heterocycles. The smallest absolute Gasteiger partial charge is 0.382 e. The van der Waals surface area contributed by atoms with E-state index in [-0.39, 0.29) is 12.2 Å². The SMILES string of the molecule is CCOC(=O)C(C/C(=C\c1ccc(OC)cc1)C(=O)OC)[N+](=O)[O-]. The molecule has 24 heavy (non-hydrogen) atoms. The molecule has 0 spiro atoms. The number of ether oxygens (including phenoxy) is 3. The lowest BCUT2D eigenvalue weighted by Crippen LogP contribution is -2.33. The molecule has 0 N–H and O–H groups in total. The first-order chi connectivity index (χ1) is 11.4. The van der Waals surface area contributed by atoms with Crippen molar-refractivity contribution in [2.24, 2.45) is 0 Å². The molecule has 130 valence electrons. The third-order valence-electron chi connectivity index (χ3n) is 3.13. The number of hydrogen-bond acceptors (Lipinski definition) is 7. The van der Waals surface area contributed by atoms with Gasteiger partial charge in [0.2, 0.25) is 0 Å². The Balaban J connectivity index is 3.10. The molecule has 0 saturated carbocycles. The molecule has 0 aliphatic carbocycles.